The lowest BCUT2D eigenvalue weighted by Gasteiger charge is -2.08. The number of amides is 1. The summed E-state index contributed by atoms with van der Waals surface area (Å²) in [6.07, 6.45) is 5.67. The molecular formula is C9H13NO3. The third kappa shape index (κ3) is 4.16. The summed E-state index contributed by atoms with van der Waals surface area (Å²) in [7, 11) is 0. The van der Waals surface area contributed by atoms with Gasteiger partial charge in [-0.15, -0.1) is 6.42 Å². The first-order valence-corrected chi connectivity index (χ1v) is 4.09. The van der Waals surface area contributed by atoms with Crippen LogP contribution in [0.2, 0.25) is 0 Å². The molecule has 0 aliphatic carbocycles. The number of esters is 1. The fourth-order valence-corrected chi connectivity index (χ4v) is 0.675. The van der Waals surface area contributed by atoms with E-state index in [0.29, 0.717) is 6.42 Å². The lowest BCUT2D eigenvalue weighted by molar-refractivity contribution is -0.154. The topological polar surface area (TPSA) is 55.4 Å². The first-order chi connectivity index (χ1) is 6.15. The van der Waals surface area contributed by atoms with Gasteiger partial charge in [0.05, 0.1) is 12.6 Å². The van der Waals surface area contributed by atoms with Crippen LogP contribution in [0.25, 0.3) is 0 Å². The van der Waals surface area contributed by atoms with Gasteiger partial charge in [-0.1, -0.05) is 12.8 Å². The molecule has 0 aliphatic rings. The number of terminal acetylenes is 1. The fourth-order valence-electron chi connectivity index (χ4n) is 0.675. The number of ether oxygens (including phenoxy) is 1. The smallest absolute Gasteiger partial charge is 0.396 e. The molecule has 0 radical (unpaired) electrons. The van der Waals surface area contributed by atoms with E-state index in [1.165, 1.54) is 0 Å². The maximum atomic E-state index is 11.0. The van der Waals surface area contributed by atoms with E-state index in [0.717, 1.165) is 0 Å². The highest BCUT2D eigenvalue weighted by Crippen LogP contribution is 1.88. The fraction of sp³-hybridized carbons (Fsp3) is 0.556. The molecule has 72 valence electrons. The molecule has 0 saturated carbocycles. The Hall–Kier alpha value is -1.50. The Kier molecular flexibility index (Phi) is 5.37. The number of rotatable bonds is 3. The van der Waals surface area contributed by atoms with Crippen LogP contribution in [-0.2, 0) is 14.3 Å². The van der Waals surface area contributed by atoms with Crippen molar-refractivity contribution >= 4 is 11.9 Å². The van der Waals surface area contributed by atoms with Gasteiger partial charge < -0.3 is 10.1 Å². The SMILES string of the molecule is C#CC(CC)NC(=O)C(=O)OCC. The second-order valence-electron chi connectivity index (χ2n) is 2.32. The van der Waals surface area contributed by atoms with E-state index < -0.39 is 17.9 Å². The number of carbonyl (C=O) groups is 2. The van der Waals surface area contributed by atoms with Gasteiger partial charge in [0, 0.05) is 0 Å². The van der Waals surface area contributed by atoms with Crippen LogP contribution in [0.4, 0.5) is 0 Å². The Morgan fingerprint density at radius 3 is 2.54 bits per heavy atom. The van der Waals surface area contributed by atoms with Gasteiger partial charge in [0.25, 0.3) is 0 Å². The number of hydrogen-bond donors (Lipinski definition) is 1. The van der Waals surface area contributed by atoms with Crippen molar-refractivity contribution < 1.29 is 14.3 Å². The number of carbonyl (C=O) groups excluding carboxylic acids is 2. The van der Waals surface area contributed by atoms with Gasteiger partial charge in [-0.3, -0.25) is 4.79 Å². The number of hydrogen-bond acceptors (Lipinski definition) is 3. The first-order valence-electron chi connectivity index (χ1n) is 4.09. The molecule has 4 heteroatoms. The van der Waals surface area contributed by atoms with E-state index in [9.17, 15) is 9.59 Å². The molecule has 1 N–H and O–H groups in total. The Morgan fingerprint density at radius 1 is 1.54 bits per heavy atom. The van der Waals surface area contributed by atoms with Gasteiger partial charge >= 0.3 is 11.9 Å². The quantitative estimate of drug-likeness (QED) is 0.383. The summed E-state index contributed by atoms with van der Waals surface area (Å²) in [5.74, 6) is 0.662. The molecule has 0 aromatic heterocycles. The zero-order valence-electron chi connectivity index (χ0n) is 7.79. The van der Waals surface area contributed by atoms with Crippen LogP contribution < -0.4 is 5.32 Å². The highest BCUT2D eigenvalue weighted by Gasteiger charge is 2.16. The normalized spacial score (nSPS) is 11.2. The summed E-state index contributed by atoms with van der Waals surface area (Å²) in [5, 5.41) is 2.35. The van der Waals surface area contributed by atoms with Gasteiger partial charge in [0.2, 0.25) is 0 Å². The third-order valence-corrected chi connectivity index (χ3v) is 1.38. The maximum absolute atomic E-state index is 11.0. The highest BCUT2D eigenvalue weighted by molar-refractivity contribution is 6.32. The Labute approximate surface area is 77.6 Å². The summed E-state index contributed by atoms with van der Waals surface area (Å²) in [4.78, 5) is 21.8. The molecule has 0 bridgehead atoms. The molecule has 1 atom stereocenters. The van der Waals surface area contributed by atoms with E-state index in [1.807, 2.05) is 6.92 Å². The van der Waals surface area contributed by atoms with Crippen molar-refractivity contribution in [3.63, 3.8) is 0 Å². The van der Waals surface area contributed by atoms with E-state index in [1.54, 1.807) is 6.92 Å². The molecule has 1 amide bonds. The van der Waals surface area contributed by atoms with Crippen molar-refractivity contribution in [3.8, 4) is 12.3 Å². The Morgan fingerprint density at radius 2 is 2.15 bits per heavy atom. The van der Waals surface area contributed by atoms with Gasteiger partial charge in [-0.2, -0.15) is 0 Å². The molecule has 0 rings (SSSR count). The molecule has 4 nitrogen and oxygen atoms in total. The van der Waals surface area contributed by atoms with Gasteiger partial charge in [0.15, 0.2) is 0 Å². The summed E-state index contributed by atoms with van der Waals surface area (Å²) < 4.78 is 4.47. The molecule has 0 heterocycles. The predicted octanol–water partition coefficient (Wildman–Crippen LogP) is 0.0775. The minimum Gasteiger partial charge on any atom is -0.459 e. The maximum Gasteiger partial charge on any atom is 0.396 e. The molecule has 0 fully saturated rings. The summed E-state index contributed by atoms with van der Waals surface area (Å²) in [5.41, 5.74) is 0. The van der Waals surface area contributed by atoms with Crippen molar-refractivity contribution in [3.05, 3.63) is 0 Å². The molecule has 0 aliphatic heterocycles. The van der Waals surface area contributed by atoms with Crippen molar-refractivity contribution in [2.24, 2.45) is 0 Å². The minimum atomic E-state index is -0.892. The van der Waals surface area contributed by atoms with Crippen LogP contribution in [0.5, 0.6) is 0 Å². The van der Waals surface area contributed by atoms with E-state index in [-0.39, 0.29) is 6.61 Å². The lowest BCUT2D eigenvalue weighted by Crippen LogP contribution is -2.39. The zero-order chi connectivity index (χ0) is 10.3. The first kappa shape index (κ1) is 11.5. The number of nitrogens with one attached hydrogen (secondary N) is 1. The largest absolute Gasteiger partial charge is 0.459 e. The molecular weight excluding hydrogens is 170 g/mol. The molecule has 0 aromatic rings. The molecule has 1 unspecified atom stereocenters. The molecule has 0 spiro atoms. The van der Waals surface area contributed by atoms with Gasteiger partial charge in [0.1, 0.15) is 0 Å². The van der Waals surface area contributed by atoms with Crippen molar-refractivity contribution in [1.82, 2.24) is 5.32 Å². The van der Waals surface area contributed by atoms with Crippen molar-refractivity contribution in [2.75, 3.05) is 6.61 Å². The lowest BCUT2D eigenvalue weighted by atomic mass is 10.2. The zero-order valence-corrected chi connectivity index (χ0v) is 7.79. The third-order valence-electron chi connectivity index (χ3n) is 1.38. The van der Waals surface area contributed by atoms with Crippen molar-refractivity contribution in [1.29, 1.82) is 0 Å². The van der Waals surface area contributed by atoms with E-state index in [4.69, 9.17) is 6.42 Å². The van der Waals surface area contributed by atoms with Crippen LogP contribution in [0.15, 0.2) is 0 Å². The Bertz CT molecular complexity index is 230. The van der Waals surface area contributed by atoms with Crippen molar-refractivity contribution in [2.45, 2.75) is 26.3 Å². The average molecular weight is 183 g/mol. The van der Waals surface area contributed by atoms with Crippen LogP contribution in [0.1, 0.15) is 20.3 Å². The molecule has 0 aromatic carbocycles. The minimum absolute atomic E-state index is 0.180. The van der Waals surface area contributed by atoms with Crippen LogP contribution in [0, 0.1) is 12.3 Å². The molecule has 13 heavy (non-hydrogen) atoms. The van der Waals surface area contributed by atoms with Crippen LogP contribution in [0.3, 0.4) is 0 Å². The predicted molar refractivity (Wildman–Crippen MR) is 47.7 cm³/mol. The Balaban J connectivity index is 4.00. The molecule has 0 saturated heterocycles. The average Bonchev–Trinajstić information content (AvgIpc) is 2.14. The standard InChI is InChI=1S/C9H13NO3/c1-4-7(5-2)10-8(11)9(12)13-6-3/h1,7H,5-6H2,2-3H3,(H,10,11). The van der Waals surface area contributed by atoms with Crippen LogP contribution in [-0.4, -0.2) is 24.5 Å². The van der Waals surface area contributed by atoms with E-state index >= 15 is 0 Å². The van der Waals surface area contributed by atoms with Gasteiger partial charge in [-0.05, 0) is 13.3 Å². The summed E-state index contributed by atoms with van der Waals surface area (Å²) in [6.45, 7) is 3.62. The van der Waals surface area contributed by atoms with E-state index in [2.05, 4.69) is 16.0 Å². The van der Waals surface area contributed by atoms with Gasteiger partial charge in [-0.25, -0.2) is 4.79 Å². The van der Waals surface area contributed by atoms with Crippen LogP contribution >= 0.6 is 0 Å². The highest BCUT2D eigenvalue weighted by atomic mass is 16.5. The monoisotopic (exact) mass is 183 g/mol. The summed E-state index contributed by atoms with van der Waals surface area (Å²) in [6, 6.07) is -0.406. The second-order valence-corrected chi connectivity index (χ2v) is 2.32. The summed E-state index contributed by atoms with van der Waals surface area (Å²) >= 11 is 0. The second kappa shape index (κ2) is 6.06.